The number of thiophene rings is 2. The van der Waals surface area contributed by atoms with E-state index >= 15 is 0 Å². The van der Waals surface area contributed by atoms with Gasteiger partial charge in [-0.25, -0.2) is 9.99 Å². The molecule has 7 heteroatoms. The minimum atomic E-state index is -0.0339. The van der Waals surface area contributed by atoms with Crippen LogP contribution in [-0.4, -0.2) is 21.6 Å². The van der Waals surface area contributed by atoms with Crippen molar-refractivity contribution >= 4 is 51.7 Å². The molecule has 3 aromatic heterocycles. The summed E-state index contributed by atoms with van der Waals surface area (Å²) in [6, 6.07) is 8.38. The number of amides is 1. The molecule has 1 fully saturated rings. The smallest absolute Gasteiger partial charge is 0.266 e. The Morgan fingerprint density at radius 3 is 2.72 bits per heavy atom. The van der Waals surface area contributed by atoms with Gasteiger partial charge in [0.25, 0.3) is 5.91 Å². The third kappa shape index (κ3) is 3.41. The molecule has 0 N–H and O–H groups in total. The highest BCUT2D eigenvalue weighted by molar-refractivity contribution is 7.12. The summed E-state index contributed by atoms with van der Waals surface area (Å²) in [4.78, 5) is 20.9. The van der Waals surface area contributed by atoms with E-state index in [9.17, 15) is 4.79 Å². The lowest BCUT2D eigenvalue weighted by Crippen LogP contribution is -2.32. The standard InChI is InChI=1S/C22H21N3OS3/c1-13-9-15(11-16-5-3-7-27-16)19-17(10-13)20(18-6-4-8-28-18)25(24-19)22(26)21-14(2)23-12-29-21/h3-8,11-13,17,20H,9-10H2,1-2H3/b15-11+/t13-,17+,20+/m0/s1. The van der Waals surface area contributed by atoms with E-state index in [2.05, 4.69) is 53.0 Å². The number of hydrogen-bond acceptors (Lipinski definition) is 6. The van der Waals surface area contributed by atoms with E-state index in [1.54, 1.807) is 33.2 Å². The summed E-state index contributed by atoms with van der Waals surface area (Å²) in [6.45, 7) is 4.20. The van der Waals surface area contributed by atoms with Gasteiger partial charge in [0.1, 0.15) is 4.88 Å². The van der Waals surface area contributed by atoms with E-state index in [0.29, 0.717) is 10.8 Å². The van der Waals surface area contributed by atoms with Crippen LogP contribution in [0.1, 0.15) is 50.9 Å². The lowest BCUT2D eigenvalue weighted by molar-refractivity contribution is 0.0684. The van der Waals surface area contributed by atoms with E-state index < -0.39 is 0 Å². The molecule has 29 heavy (non-hydrogen) atoms. The molecule has 0 radical (unpaired) electrons. The van der Waals surface area contributed by atoms with Crippen LogP contribution in [0.2, 0.25) is 0 Å². The number of aromatic nitrogens is 1. The monoisotopic (exact) mass is 439 g/mol. The van der Waals surface area contributed by atoms with Crippen LogP contribution < -0.4 is 0 Å². The molecule has 0 spiro atoms. The van der Waals surface area contributed by atoms with E-state index in [4.69, 9.17) is 5.10 Å². The fourth-order valence-electron chi connectivity index (χ4n) is 4.35. The summed E-state index contributed by atoms with van der Waals surface area (Å²) in [5.74, 6) is 0.766. The summed E-state index contributed by atoms with van der Waals surface area (Å²) < 4.78 is 0. The predicted octanol–water partition coefficient (Wildman–Crippen LogP) is 6.26. The molecule has 148 valence electrons. The van der Waals surface area contributed by atoms with E-state index in [1.165, 1.54) is 26.7 Å². The van der Waals surface area contributed by atoms with Gasteiger partial charge in [-0.15, -0.1) is 34.0 Å². The van der Waals surface area contributed by atoms with Crippen molar-refractivity contribution in [2.24, 2.45) is 16.9 Å². The van der Waals surface area contributed by atoms with Crippen molar-refractivity contribution in [3.05, 3.63) is 66.4 Å². The largest absolute Gasteiger partial charge is 0.286 e. The second kappa shape index (κ2) is 7.63. The topological polar surface area (TPSA) is 45.6 Å². The highest BCUT2D eigenvalue weighted by Crippen LogP contribution is 2.47. The highest BCUT2D eigenvalue weighted by atomic mass is 32.1. The SMILES string of the molecule is Cc1ncsc1C(=O)N1N=C2/C(=C/c3cccs3)C[C@H](C)C[C@H]2[C@@H]1c1cccs1. The van der Waals surface area contributed by atoms with E-state index in [-0.39, 0.29) is 17.9 Å². The quantitative estimate of drug-likeness (QED) is 0.484. The summed E-state index contributed by atoms with van der Waals surface area (Å²) in [5.41, 5.74) is 4.88. The number of aryl methyl sites for hydroxylation is 1. The predicted molar refractivity (Wildman–Crippen MR) is 122 cm³/mol. The van der Waals surface area contributed by atoms with Gasteiger partial charge in [-0.3, -0.25) is 4.79 Å². The Hall–Kier alpha value is -2.09. The zero-order chi connectivity index (χ0) is 20.0. The van der Waals surface area contributed by atoms with Crippen LogP contribution in [0.4, 0.5) is 0 Å². The molecule has 0 unspecified atom stereocenters. The second-order valence-electron chi connectivity index (χ2n) is 7.70. The fraction of sp³-hybridized carbons (Fsp3) is 0.318. The molecule has 0 aromatic carbocycles. The Morgan fingerprint density at radius 2 is 2.03 bits per heavy atom. The average Bonchev–Trinajstić information content (AvgIpc) is 3.48. The number of carbonyl (C=O) groups is 1. The Balaban J connectivity index is 1.60. The lowest BCUT2D eigenvalue weighted by atomic mass is 9.74. The van der Waals surface area contributed by atoms with Crippen LogP contribution in [0, 0.1) is 18.8 Å². The summed E-state index contributed by atoms with van der Waals surface area (Å²) >= 11 is 4.85. The van der Waals surface area contributed by atoms with Crippen LogP contribution in [-0.2, 0) is 0 Å². The maximum Gasteiger partial charge on any atom is 0.286 e. The molecular formula is C22H21N3OS3. The van der Waals surface area contributed by atoms with Crippen molar-refractivity contribution in [1.29, 1.82) is 0 Å². The van der Waals surface area contributed by atoms with E-state index in [0.717, 1.165) is 24.2 Å². The summed E-state index contributed by atoms with van der Waals surface area (Å²) in [5, 5.41) is 10.9. The van der Waals surface area contributed by atoms with Crippen molar-refractivity contribution < 1.29 is 4.79 Å². The van der Waals surface area contributed by atoms with Crippen molar-refractivity contribution in [3.63, 3.8) is 0 Å². The molecule has 0 bridgehead atoms. The van der Waals surface area contributed by atoms with Crippen LogP contribution >= 0.6 is 34.0 Å². The first-order valence-electron chi connectivity index (χ1n) is 9.72. The maximum atomic E-state index is 13.5. The van der Waals surface area contributed by atoms with Gasteiger partial charge in [-0.1, -0.05) is 19.1 Å². The Kier molecular flexibility index (Phi) is 4.97. The molecular weight excluding hydrogens is 418 g/mol. The van der Waals surface area contributed by atoms with Crippen LogP contribution in [0.15, 0.2) is 51.2 Å². The zero-order valence-electron chi connectivity index (χ0n) is 16.2. The minimum absolute atomic E-state index is 0.0338. The average molecular weight is 440 g/mol. The number of rotatable bonds is 3. The van der Waals surface area contributed by atoms with Crippen LogP contribution in [0.3, 0.4) is 0 Å². The number of hydrazone groups is 1. The van der Waals surface area contributed by atoms with Gasteiger partial charge >= 0.3 is 0 Å². The van der Waals surface area contributed by atoms with Gasteiger partial charge in [0.2, 0.25) is 0 Å². The summed E-state index contributed by atoms with van der Waals surface area (Å²) in [6.07, 6.45) is 4.32. The molecule has 2 aliphatic rings. The van der Waals surface area contributed by atoms with Crippen LogP contribution in [0.25, 0.3) is 6.08 Å². The third-order valence-corrected chi connectivity index (χ3v) is 8.29. The Bertz CT molecular complexity index is 1080. The zero-order valence-corrected chi connectivity index (χ0v) is 18.7. The highest BCUT2D eigenvalue weighted by Gasteiger charge is 2.46. The second-order valence-corrected chi connectivity index (χ2v) is 10.5. The molecule has 1 amide bonds. The lowest BCUT2D eigenvalue weighted by Gasteiger charge is -2.31. The molecule has 4 nitrogen and oxygen atoms in total. The first-order chi connectivity index (χ1) is 14.1. The first-order valence-corrected chi connectivity index (χ1v) is 12.4. The Labute approximate surface area is 182 Å². The number of thiazole rings is 1. The third-order valence-electron chi connectivity index (χ3n) is 5.61. The van der Waals surface area contributed by atoms with Crippen molar-refractivity contribution in [3.8, 4) is 0 Å². The first kappa shape index (κ1) is 18.9. The maximum absolute atomic E-state index is 13.5. The molecule has 1 aliphatic carbocycles. The number of allylic oxidation sites excluding steroid dienone is 1. The molecule has 5 rings (SSSR count). The molecule has 4 heterocycles. The van der Waals surface area contributed by atoms with Gasteiger partial charge in [-0.2, -0.15) is 5.10 Å². The molecule has 3 atom stereocenters. The molecule has 3 aromatic rings. The van der Waals surface area contributed by atoms with Gasteiger partial charge in [0.05, 0.1) is 23.0 Å². The van der Waals surface area contributed by atoms with E-state index in [1.807, 2.05) is 6.92 Å². The molecule has 0 saturated heterocycles. The minimum Gasteiger partial charge on any atom is -0.266 e. The number of nitrogens with zero attached hydrogens (tertiary/aromatic N) is 3. The summed E-state index contributed by atoms with van der Waals surface area (Å²) in [7, 11) is 0. The Morgan fingerprint density at radius 1 is 1.21 bits per heavy atom. The van der Waals surface area contributed by atoms with Gasteiger partial charge in [0.15, 0.2) is 0 Å². The van der Waals surface area contributed by atoms with Gasteiger partial charge in [0, 0.05) is 15.7 Å². The van der Waals surface area contributed by atoms with Crippen molar-refractivity contribution in [2.45, 2.75) is 32.7 Å². The van der Waals surface area contributed by atoms with Crippen molar-refractivity contribution in [1.82, 2.24) is 9.99 Å². The number of hydrogen-bond donors (Lipinski definition) is 0. The van der Waals surface area contributed by atoms with Crippen molar-refractivity contribution in [2.75, 3.05) is 0 Å². The molecule has 1 aliphatic heterocycles. The number of fused-ring (bicyclic) bond motifs is 1. The normalized spacial score (nSPS) is 25.3. The van der Waals surface area contributed by atoms with Gasteiger partial charge < -0.3 is 0 Å². The fourth-order valence-corrected chi connectivity index (χ4v) is 6.64. The number of carbonyl (C=O) groups excluding carboxylic acids is 1. The van der Waals surface area contributed by atoms with Crippen LogP contribution in [0.5, 0.6) is 0 Å². The van der Waals surface area contributed by atoms with Gasteiger partial charge in [-0.05, 0) is 60.2 Å². The molecule has 1 saturated carbocycles.